The molecule has 2 aromatic carbocycles. The highest BCUT2D eigenvalue weighted by molar-refractivity contribution is 14.0. The van der Waals surface area contributed by atoms with E-state index in [0.29, 0.717) is 24.0 Å². The van der Waals surface area contributed by atoms with E-state index < -0.39 is 0 Å². The zero-order chi connectivity index (χ0) is 21.9. The van der Waals surface area contributed by atoms with Gasteiger partial charge in [-0.1, -0.05) is 36.4 Å². The number of aliphatic imine (C=N–C) groups is 1. The molecule has 7 nitrogen and oxygen atoms in total. The van der Waals surface area contributed by atoms with Gasteiger partial charge in [-0.05, 0) is 36.2 Å². The average Bonchev–Trinajstić information content (AvgIpc) is 2.82. The summed E-state index contributed by atoms with van der Waals surface area (Å²) in [7, 11) is 3.26. The lowest BCUT2D eigenvalue weighted by molar-refractivity contribution is 0.126. The molecule has 0 bridgehead atoms. The van der Waals surface area contributed by atoms with Gasteiger partial charge in [-0.3, -0.25) is 4.90 Å². The van der Waals surface area contributed by atoms with E-state index in [1.54, 1.807) is 14.2 Å². The lowest BCUT2D eigenvalue weighted by atomic mass is 10.2. The standard InChI is InChI=1S/C24H35N5O2.HI/c1-30-22-10-9-21(17-23(22)31-2)18-27-24(25)26-11-6-12-28-13-15-29(16-14-28)19-20-7-4-3-5-8-20;/h3-5,7-10,17H,6,11-16,18-19H2,1-2H3,(H3,25,26,27);1H. The van der Waals surface area contributed by atoms with Gasteiger partial charge in [-0.2, -0.15) is 0 Å². The first-order valence-electron chi connectivity index (χ1n) is 10.9. The van der Waals surface area contributed by atoms with Gasteiger partial charge < -0.3 is 25.4 Å². The van der Waals surface area contributed by atoms with Crippen LogP contribution in [0.4, 0.5) is 0 Å². The van der Waals surface area contributed by atoms with E-state index in [1.165, 1.54) is 5.56 Å². The summed E-state index contributed by atoms with van der Waals surface area (Å²) in [5.74, 6) is 1.88. The first-order valence-corrected chi connectivity index (χ1v) is 10.9. The number of rotatable bonds is 10. The molecule has 8 heteroatoms. The molecule has 32 heavy (non-hydrogen) atoms. The maximum atomic E-state index is 6.02. The van der Waals surface area contributed by atoms with Gasteiger partial charge in [0.25, 0.3) is 0 Å². The minimum absolute atomic E-state index is 0. The zero-order valence-corrected chi connectivity index (χ0v) is 21.5. The highest BCUT2D eigenvalue weighted by Gasteiger charge is 2.16. The summed E-state index contributed by atoms with van der Waals surface area (Å²) in [6.07, 6.45) is 1.05. The van der Waals surface area contributed by atoms with E-state index in [4.69, 9.17) is 15.2 Å². The molecule has 0 amide bonds. The first-order chi connectivity index (χ1) is 15.2. The Balaban J connectivity index is 0.00000363. The van der Waals surface area contributed by atoms with Crippen molar-refractivity contribution in [1.82, 2.24) is 15.1 Å². The van der Waals surface area contributed by atoms with Crippen molar-refractivity contribution in [1.29, 1.82) is 0 Å². The largest absolute Gasteiger partial charge is 0.493 e. The molecule has 0 unspecified atom stereocenters. The number of methoxy groups -OCH3 is 2. The van der Waals surface area contributed by atoms with Gasteiger partial charge in [0.05, 0.1) is 20.8 Å². The number of ether oxygens (including phenoxy) is 2. The summed E-state index contributed by atoms with van der Waals surface area (Å²) >= 11 is 0. The van der Waals surface area contributed by atoms with E-state index in [2.05, 4.69) is 50.4 Å². The Kier molecular flexibility index (Phi) is 11.6. The molecule has 0 radical (unpaired) electrons. The van der Waals surface area contributed by atoms with Crippen LogP contribution in [0.25, 0.3) is 0 Å². The molecule has 1 aliphatic heterocycles. The SMILES string of the molecule is COc1ccc(CN=C(N)NCCCN2CCN(Cc3ccccc3)CC2)cc1OC.I. The summed E-state index contributed by atoms with van der Waals surface area (Å²) in [4.78, 5) is 9.48. The normalized spacial score (nSPS) is 15.1. The van der Waals surface area contributed by atoms with Crippen LogP contribution in [0.2, 0.25) is 0 Å². The molecule has 0 aliphatic carbocycles. The van der Waals surface area contributed by atoms with Crippen LogP contribution in [0, 0.1) is 0 Å². The summed E-state index contributed by atoms with van der Waals surface area (Å²) in [6.45, 7) is 7.94. The average molecular weight is 553 g/mol. The number of nitrogens with zero attached hydrogens (tertiary/aromatic N) is 3. The number of benzene rings is 2. The molecule has 3 N–H and O–H groups in total. The quantitative estimate of drug-likeness (QED) is 0.204. The number of piperazine rings is 1. The van der Waals surface area contributed by atoms with Crippen LogP contribution in [-0.2, 0) is 13.1 Å². The van der Waals surface area contributed by atoms with Gasteiger partial charge in [0.1, 0.15) is 0 Å². The Morgan fingerprint density at radius 2 is 1.62 bits per heavy atom. The molecular formula is C24H36IN5O2. The van der Waals surface area contributed by atoms with Crippen molar-refractivity contribution in [2.75, 3.05) is 53.5 Å². The van der Waals surface area contributed by atoms with Crippen molar-refractivity contribution in [3.63, 3.8) is 0 Å². The smallest absolute Gasteiger partial charge is 0.188 e. The van der Waals surface area contributed by atoms with Crippen molar-refractivity contribution in [2.45, 2.75) is 19.5 Å². The van der Waals surface area contributed by atoms with Gasteiger partial charge in [0, 0.05) is 39.3 Å². The second kappa shape index (κ2) is 14.2. The molecule has 176 valence electrons. The number of nitrogens with two attached hydrogens (primary N) is 1. The van der Waals surface area contributed by atoms with Gasteiger partial charge in [-0.25, -0.2) is 4.99 Å². The number of halogens is 1. The predicted molar refractivity (Wildman–Crippen MR) is 141 cm³/mol. The number of guanidine groups is 1. The van der Waals surface area contributed by atoms with Crippen molar-refractivity contribution in [3.05, 3.63) is 59.7 Å². The Labute approximate surface area is 209 Å². The third kappa shape index (κ3) is 8.48. The van der Waals surface area contributed by atoms with E-state index in [-0.39, 0.29) is 24.0 Å². The molecule has 0 atom stereocenters. The third-order valence-corrected chi connectivity index (χ3v) is 5.55. The molecule has 3 rings (SSSR count). The molecule has 2 aromatic rings. The summed E-state index contributed by atoms with van der Waals surface area (Å²) in [5, 5.41) is 3.22. The molecule has 0 spiro atoms. The van der Waals surface area contributed by atoms with Crippen molar-refractivity contribution in [2.24, 2.45) is 10.7 Å². The van der Waals surface area contributed by atoms with Gasteiger partial charge in [0.2, 0.25) is 0 Å². The minimum atomic E-state index is 0. The molecule has 0 saturated carbocycles. The lowest BCUT2D eigenvalue weighted by Gasteiger charge is -2.34. The maximum absolute atomic E-state index is 6.02. The summed E-state index contributed by atoms with van der Waals surface area (Å²) in [5.41, 5.74) is 8.44. The predicted octanol–water partition coefficient (Wildman–Crippen LogP) is 2.93. The highest BCUT2D eigenvalue weighted by atomic mass is 127. The van der Waals surface area contributed by atoms with Gasteiger partial charge >= 0.3 is 0 Å². The molecule has 1 saturated heterocycles. The van der Waals surface area contributed by atoms with Crippen LogP contribution in [-0.4, -0.2) is 69.2 Å². The van der Waals surface area contributed by atoms with Crippen LogP contribution in [0.1, 0.15) is 17.5 Å². The second-order valence-electron chi connectivity index (χ2n) is 7.77. The summed E-state index contributed by atoms with van der Waals surface area (Å²) < 4.78 is 10.6. The van der Waals surface area contributed by atoms with Crippen LogP contribution >= 0.6 is 24.0 Å². The van der Waals surface area contributed by atoms with Crippen LogP contribution < -0.4 is 20.5 Å². The van der Waals surface area contributed by atoms with E-state index >= 15 is 0 Å². The molecule has 0 aromatic heterocycles. The number of hydrogen-bond acceptors (Lipinski definition) is 5. The molecule has 1 fully saturated rings. The zero-order valence-electron chi connectivity index (χ0n) is 19.1. The highest BCUT2D eigenvalue weighted by Crippen LogP contribution is 2.27. The fourth-order valence-corrected chi connectivity index (χ4v) is 3.74. The van der Waals surface area contributed by atoms with Crippen molar-refractivity contribution in [3.8, 4) is 11.5 Å². The van der Waals surface area contributed by atoms with E-state index in [1.807, 2.05) is 18.2 Å². The summed E-state index contributed by atoms with van der Waals surface area (Å²) in [6, 6.07) is 16.5. The van der Waals surface area contributed by atoms with E-state index in [0.717, 1.165) is 57.8 Å². The minimum Gasteiger partial charge on any atom is -0.493 e. The van der Waals surface area contributed by atoms with Crippen molar-refractivity contribution < 1.29 is 9.47 Å². The molecule has 1 aliphatic rings. The number of hydrogen-bond donors (Lipinski definition) is 2. The Bertz CT molecular complexity index is 826. The molecular weight excluding hydrogens is 517 g/mol. The van der Waals surface area contributed by atoms with Crippen LogP contribution in [0.3, 0.4) is 0 Å². The Hall–Kier alpha value is -2.04. The maximum Gasteiger partial charge on any atom is 0.188 e. The fourth-order valence-electron chi connectivity index (χ4n) is 3.74. The van der Waals surface area contributed by atoms with Gasteiger partial charge in [0.15, 0.2) is 17.5 Å². The Morgan fingerprint density at radius 3 is 2.31 bits per heavy atom. The monoisotopic (exact) mass is 553 g/mol. The van der Waals surface area contributed by atoms with Crippen LogP contribution in [0.15, 0.2) is 53.5 Å². The first kappa shape index (κ1) is 26.2. The van der Waals surface area contributed by atoms with E-state index in [9.17, 15) is 0 Å². The van der Waals surface area contributed by atoms with Gasteiger partial charge in [-0.15, -0.1) is 24.0 Å². The molecule has 1 heterocycles. The van der Waals surface area contributed by atoms with Crippen LogP contribution in [0.5, 0.6) is 11.5 Å². The fraction of sp³-hybridized carbons (Fsp3) is 0.458. The Morgan fingerprint density at radius 1 is 0.938 bits per heavy atom. The topological polar surface area (TPSA) is 75.4 Å². The van der Waals surface area contributed by atoms with Crippen molar-refractivity contribution >= 4 is 29.9 Å². The third-order valence-electron chi connectivity index (χ3n) is 5.55. The second-order valence-corrected chi connectivity index (χ2v) is 7.77. The number of nitrogens with one attached hydrogen (secondary N) is 1. The lowest BCUT2D eigenvalue weighted by Crippen LogP contribution is -2.46.